The van der Waals surface area contributed by atoms with E-state index in [1.165, 1.54) is 32.1 Å². The van der Waals surface area contributed by atoms with Crippen molar-refractivity contribution in [2.75, 3.05) is 21.3 Å². The van der Waals surface area contributed by atoms with Gasteiger partial charge in [-0.25, -0.2) is 0 Å². The van der Waals surface area contributed by atoms with Crippen molar-refractivity contribution in [1.82, 2.24) is 0 Å². The third-order valence-electron chi connectivity index (χ3n) is 3.20. The largest absolute Gasteiger partial charge is 0.331 e. The summed E-state index contributed by atoms with van der Waals surface area (Å²) in [6.07, 6.45) is 7.50. The smallest absolute Gasteiger partial charge is 0.284 e. The molecule has 0 N–H and O–H groups in total. The molecule has 0 fully saturated rings. The number of methoxy groups -OCH3 is 3. The third kappa shape index (κ3) is 4.81. The van der Waals surface area contributed by atoms with Crippen molar-refractivity contribution >= 4 is 0 Å². The molecule has 3 heteroatoms. The van der Waals surface area contributed by atoms with Crippen LogP contribution < -0.4 is 0 Å². The first-order chi connectivity index (χ1) is 7.66. The van der Waals surface area contributed by atoms with Crippen LogP contribution in [0.5, 0.6) is 0 Å². The third-order valence-corrected chi connectivity index (χ3v) is 3.20. The van der Waals surface area contributed by atoms with Crippen molar-refractivity contribution in [1.29, 1.82) is 0 Å². The Morgan fingerprint density at radius 3 is 1.81 bits per heavy atom. The van der Waals surface area contributed by atoms with Crippen molar-refractivity contribution in [2.24, 2.45) is 5.92 Å². The van der Waals surface area contributed by atoms with E-state index in [0.29, 0.717) is 0 Å². The van der Waals surface area contributed by atoms with Gasteiger partial charge in [-0.1, -0.05) is 46.0 Å². The number of unbranched alkanes of at least 4 members (excludes halogenated alkanes) is 4. The van der Waals surface area contributed by atoms with E-state index in [9.17, 15) is 0 Å². The summed E-state index contributed by atoms with van der Waals surface area (Å²) in [7, 11) is 4.88. The van der Waals surface area contributed by atoms with Crippen LogP contribution in [0.1, 0.15) is 52.4 Å². The molecule has 1 unspecified atom stereocenters. The minimum Gasteiger partial charge on any atom is -0.331 e. The summed E-state index contributed by atoms with van der Waals surface area (Å²) in [5.74, 6) is -0.626. The van der Waals surface area contributed by atoms with Crippen molar-refractivity contribution in [3.63, 3.8) is 0 Å². The SMILES string of the molecule is CCCCCCCC(C)C(OC)(OC)OC. The molecule has 0 heterocycles. The highest BCUT2D eigenvalue weighted by Crippen LogP contribution is 2.27. The predicted molar refractivity (Wildman–Crippen MR) is 66.3 cm³/mol. The number of hydrogen-bond acceptors (Lipinski definition) is 3. The van der Waals surface area contributed by atoms with Gasteiger partial charge in [-0.15, -0.1) is 0 Å². The molecule has 0 spiro atoms. The van der Waals surface area contributed by atoms with E-state index in [4.69, 9.17) is 14.2 Å². The minimum atomic E-state index is -0.870. The Labute approximate surface area is 100 Å². The summed E-state index contributed by atoms with van der Waals surface area (Å²) in [6.45, 7) is 4.34. The normalized spacial score (nSPS) is 14.1. The summed E-state index contributed by atoms with van der Waals surface area (Å²) in [6, 6.07) is 0. The molecule has 0 bridgehead atoms. The maximum absolute atomic E-state index is 5.33. The van der Waals surface area contributed by atoms with Crippen LogP contribution in [0.15, 0.2) is 0 Å². The maximum Gasteiger partial charge on any atom is 0.284 e. The Morgan fingerprint density at radius 2 is 1.38 bits per heavy atom. The first-order valence-corrected chi connectivity index (χ1v) is 6.32. The highest BCUT2D eigenvalue weighted by molar-refractivity contribution is 4.66. The standard InChI is InChI=1S/C13H28O3/c1-6-7-8-9-10-11-12(2)13(14-3,15-4)16-5/h12H,6-11H2,1-5H3. The molecule has 0 aromatic heterocycles. The maximum atomic E-state index is 5.33. The van der Waals surface area contributed by atoms with Gasteiger partial charge < -0.3 is 14.2 Å². The molecule has 0 radical (unpaired) electrons. The molecule has 98 valence electrons. The Hall–Kier alpha value is -0.120. The van der Waals surface area contributed by atoms with Crippen molar-refractivity contribution < 1.29 is 14.2 Å². The minimum absolute atomic E-state index is 0.245. The van der Waals surface area contributed by atoms with Gasteiger partial charge in [-0.2, -0.15) is 0 Å². The molecule has 0 amide bonds. The van der Waals surface area contributed by atoms with E-state index in [2.05, 4.69) is 13.8 Å². The topological polar surface area (TPSA) is 27.7 Å². The highest BCUT2D eigenvalue weighted by Gasteiger charge is 2.36. The molecule has 0 aliphatic rings. The molecule has 0 aliphatic heterocycles. The molecular weight excluding hydrogens is 204 g/mol. The van der Waals surface area contributed by atoms with Gasteiger partial charge in [0.05, 0.1) is 0 Å². The summed E-state index contributed by atoms with van der Waals surface area (Å²) < 4.78 is 16.0. The molecule has 0 saturated carbocycles. The van der Waals surface area contributed by atoms with Crippen LogP contribution >= 0.6 is 0 Å². The molecule has 0 rings (SSSR count). The van der Waals surface area contributed by atoms with Crippen molar-refractivity contribution in [3.05, 3.63) is 0 Å². The quantitative estimate of drug-likeness (QED) is 0.425. The zero-order valence-corrected chi connectivity index (χ0v) is 11.5. The second-order valence-corrected chi connectivity index (χ2v) is 4.32. The summed E-state index contributed by atoms with van der Waals surface area (Å²) in [5.41, 5.74) is 0. The molecule has 0 saturated heterocycles. The van der Waals surface area contributed by atoms with Gasteiger partial charge in [0.1, 0.15) is 0 Å². The van der Waals surface area contributed by atoms with E-state index in [1.54, 1.807) is 21.3 Å². The Bertz CT molecular complexity index is 147. The van der Waals surface area contributed by atoms with Gasteiger partial charge in [0.25, 0.3) is 5.97 Å². The summed E-state index contributed by atoms with van der Waals surface area (Å²) >= 11 is 0. The van der Waals surface area contributed by atoms with E-state index >= 15 is 0 Å². The monoisotopic (exact) mass is 232 g/mol. The molecule has 0 aromatic carbocycles. The first kappa shape index (κ1) is 15.9. The van der Waals surface area contributed by atoms with Crippen LogP contribution in [0, 0.1) is 5.92 Å². The first-order valence-electron chi connectivity index (χ1n) is 6.32. The molecule has 1 atom stereocenters. The fraction of sp³-hybridized carbons (Fsp3) is 1.00. The lowest BCUT2D eigenvalue weighted by Gasteiger charge is -2.34. The average molecular weight is 232 g/mol. The molecule has 0 aromatic rings. The number of hydrogen-bond donors (Lipinski definition) is 0. The summed E-state index contributed by atoms with van der Waals surface area (Å²) in [5, 5.41) is 0. The Balaban J connectivity index is 3.88. The van der Waals surface area contributed by atoms with Crippen LogP contribution in [0.4, 0.5) is 0 Å². The second-order valence-electron chi connectivity index (χ2n) is 4.32. The van der Waals surface area contributed by atoms with Crippen LogP contribution in [-0.4, -0.2) is 27.3 Å². The Morgan fingerprint density at radius 1 is 0.875 bits per heavy atom. The van der Waals surface area contributed by atoms with Gasteiger partial charge in [0.2, 0.25) is 0 Å². The van der Waals surface area contributed by atoms with Gasteiger partial charge in [-0.3, -0.25) is 0 Å². The Kier molecular flexibility index (Phi) is 8.90. The molecule has 3 nitrogen and oxygen atoms in total. The predicted octanol–water partition coefficient (Wildman–Crippen LogP) is 3.58. The lowest BCUT2D eigenvalue weighted by molar-refractivity contribution is -0.377. The molecular formula is C13H28O3. The average Bonchev–Trinajstić information content (AvgIpc) is 2.32. The van der Waals surface area contributed by atoms with Gasteiger partial charge in [-0.05, 0) is 6.42 Å². The van der Waals surface area contributed by atoms with Crippen molar-refractivity contribution in [3.8, 4) is 0 Å². The van der Waals surface area contributed by atoms with Crippen LogP contribution in [0.25, 0.3) is 0 Å². The van der Waals surface area contributed by atoms with Crippen LogP contribution in [0.2, 0.25) is 0 Å². The lowest BCUT2D eigenvalue weighted by Crippen LogP contribution is -2.42. The fourth-order valence-corrected chi connectivity index (χ4v) is 2.08. The second kappa shape index (κ2) is 8.97. The zero-order valence-electron chi connectivity index (χ0n) is 11.5. The number of ether oxygens (including phenoxy) is 3. The molecule has 0 aliphatic carbocycles. The van der Waals surface area contributed by atoms with E-state index in [1.807, 2.05) is 0 Å². The van der Waals surface area contributed by atoms with Gasteiger partial charge in [0.15, 0.2) is 0 Å². The number of rotatable bonds is 10. The van der Waals surface area contributed by atoms with E-state index in [-0.39, 0.29) is 5.92 Å². The molecule has 16 heavy (non-hydrogen) atoms. The van der Waals surface area contributed by atoms with Crippen molar-refractivity contribution in [2.45, 2.75) is 58.3 Å². The highest BCUT2D eigenvalue weighted by atomic mass is 16.9. The lowest BCUT2D eigenvalue weighted by atomic mass is 10.00. The summed E-state index contributed by atoms with van der Waals surface area (Å²) in [4.78, 5) is 0. The van der Waals surface area contributed by atoms with Gasteiger partial charge in [0, 0.05) is 27.2 Å². The van der Waals surface area contributed by atoms with E-state index < -0.39 is 5.97 Å². The fourth-order valence-electron chi connectivity index (χ4n) is 2.08. The zero-order chi connectivity index (χ0) is 12.4. The van der Waals surface area contributed by atoms with Gasteiger partial charge >= 0.3 is 0 Å². The van der Waals surface area contributed by atoms with E-state index in [0.717, 1.165) is 6.42 Å². The van der Waals surface area contributed by atoms with Crippen LogP contribution in [0.3, 0.4) is 0 Å². The van der Waals surface area contributed by atoms with Crippen LogP contribution in [-0.2, 0) is 14.2 Å².